The van der Waals surface area contributed by atoms with Gasteiger partial charge in [0.15, 0.2) is 9.84 Å². The number of benzene rings is 2. The van der Waals surface area contributed by atoms with Gasteiger partial charge in [0, 0.05) is 11.6 Å². The topological polar surface area (TPSA) is 46.2 Å². The molecule has 0 aromatic heterocycles. The molecule has 1 saturated heterocycles. The van der Waals surface area contributed by atoms with Crippen LogP contribution in [0.5, 0.6) is 0 Å². The van der Waals surface area contributed by atoms with Gasteiger partial charge in [-0.05, 0) is 61.2 Å². The Labute approximate surface area is 195 Å². The molecule has 1 aliphatic carbocycles. The monoisotopic (exact) mass is 535 g/mol. The van der Waals surface area contributed by atoms with Gasteiger partial charge in [0.05, 0.1) is 4.90 Å². The van der Waals surface area contributed by atoms with E-state index in [9.17, 15) is 43.5 Å². The number of rotatable bonds is 3. The van der Waals surface area contributed by atoms with Crippen molar-refractivity contribution in [2.75, 3.05) is 6.54 Å². The summed E-state index contributed by atoms with van der Waals surface area (Å²) in [5, 5.41) is 3.03. The third kappa shape index (κ3) is 3.60. The normalized spacial score (nSPS) is 23.1. The number of sulfone groups is 1. The van der Waals surface area contributed by atoms with Crippen LogP contribution in [0.15, 0.2) is 47.4 Å². The lowest BCUT2D eigenvalue weighted by atomic mass is 9.77. The van der Waals surface area contributed by atoms with Gasteiger partial charge in [-0.2, -0.15) is 26.3 Å². The third-order valence-electron chi connectivity index (χ3n) is 6.50. The van der Waals surface area contributed by atoms with Crippen LogP contribution in [-0.4, -0.2) is 33.4 Å². The third-order valence-corrected chi connectivity index (χ3v) is 9.06. The maximum atomic E-state index is 14.6. The zero-order chi connectivity index (χ0) is 24.4. The number of nitrogens with one attached hydrogen (secondary N) is 1. The SMILES string of the molecule is Cl.O=S(=O)(c1ccc(F)cc1)[C@@]12CCNC1CCc1cc(C(F)(C(F)(F)F)C(F)(F)F)ccc12. The van der Waals surface area contributed by atoms with Crippen molar-refractivity contribution in [1.82, 2.24) is 5.32 Å². The van der Waals surface area contributed by atoms with Crippen LogP contribution in [0.3, 0.4) is 0 Å². The molecule has 1 unspecified atom stereocenters. The first kappa shape index (κ1) is 26.7. The summed E-state index contributed by atoms with van der Waals surface area (Å²) >= 11 is 0. The molecule has 2 aromatic carbocycles. The van der Waals surface area contributed by atoms with Crippen LogP contribution in [0.1, 0.15) is 29.5 Å². The van der Waals surface area contributed by atoms with Gasteiger partial charge in [0.25, 0.3) is 0 Å². The van der Waals surface area contributed by atoms with Gasteiger partial charge >= 0.3 is 18.0 Å². The first-order valence-corrected chi connectivity index (χ1v) is 11.3. The van der Waals surface area contributed by atoms with Crippen molar-refractivity contribution in [3.05, 3.63) is 65.0 Å². The second-order valence-electron chi connectivity index (χ2n) is 8.17. The molecule has 2 aromatic rings. The van der Waals surface area contributed by atoms with E-state index in [4.69, 9.17) is 0 Å². The maximum Gasteiger partial charge on any atom is 0.435 e. The second kappa shape index (κ2) is 8.34. The number of hydrogen-bond donors (Lipinski definition) is 1. The Morgan fingerprint density at radius 2 is 1.50 bits per heavy atom. The van der Waals surface area contributed by atoms with E-state index in [0.29, 0.717) is 12.1 Å². The molecule has 2 atom stereocenters. The Hall–Kier alpha value is -1.92. The fourth-order valence-electron chi connectivity index (χ4n) is 4.93. The van der Waals surface area contributed by atoms with Gasteiger partial charge < -0.3 is 5.32 Å². The lowest BCUT2D eigenvalue weighted by Gasteiger charge is -2.41. The summed E-state index contributed by atoms with van der Waals surface area (Å²) in [4.78, 5) is -0.236. The summed E-state index contributed by atoms with van der Waals surface area (Å²) in [5.74, 6) is -0.681. The van der Waals surface area contributed by atoms with E-state index in [0.717, 1.165) is 30.3 Å². The molecule has 0 bridgehead atoms. The summed E-state index contributed by atoms with van der Waals surface area (Å²) in [5.41, 5.74) is -7.35. The van der Waals surface area contributed by atoms with Crippen LogP contribution >= 0.6 is 12.4 Å². The molecule has 4 rings (SSSR count). The highest BCUT2D eigenvalue weighted by atomic mass is 35.5. The molecule has 1 N–H and O–H groups in total. The zero-order valence-electron chi connectivity index (χ0n) is 17.1. The van der Waals surface area contributed by atoms with Crippen molar-refractivity contribution in [1.29, 1.82) is 0 Å². The minimum Gasteiger partial charge on any atom is -0.312 e. The predicted octanol–water partition coefficient (Wildman–Crippen LogP) is 5.51. The van der Waals surface area contributed by atoms with Crippen LogP contribution in [0, 0.1) is 5.82 Å². The highest BCUT2D eigenvalue weighted by molar-refractivity contribution is 7.92. The highest BCUT2D eigenvalue weighted by Gasteiger charge is 2.73. The second-order valence-corrected chi connectivity index (χ2v) is 10.4. The molecule has 3 nitrogen and oxygen atoms in total. The number of fused-ring (bicyclic) bond motifs is 3. The first-order valence-electron chi connectivity index (χ1n) is 9.86. The Morgan fingerprint density at radius 3 is 2.06 bits per heavy atom. The minimum absolute atomic E-state index is 0. The van der Waals surface area contributed by atoms with E-state index in [1.807, 2.05) is 0 Å². The Balaban J connectivity index is 0.00000324. The number of aryl methyl sites for hydroxylation is 1. The fraction of sp³-hybridized carbons (Fsp3) is 0.429. The largest absolute Gasteiger partial charge is 0.435 e. The van der Waals surface area contributed by atoms with Crippen molar-refractivity contribution >= 4 is 22.2 Å². The fourth-order valence-corrected chi connectivity index (χ4v) is 7.28. The van der Waals surface area contributed by atoms with Gasteiger partial charge in [-0.1, -0.05) is 18.2 Å². The summed E-state index contributed by atoms with van der Waals surface area (Å²) in [6.07, 6.45) is -12.5. The smallest absolute Gasteiger partial charge is 0.312 e. The van der Waals surface area contributed by atoms with E-state index in [1.54, 1.807) is 0 Å². The molecule has 0 amide bonds. The standard InChI is InChI=1S/C21H17F8NO2S.ClH/c22-14-3-5-15(6-4-14)33(31,32)18-9-10-30-17(18)8-1-12-11-13(2-7-16(12)18)19(23,20(24,25)26)21(27,28)29;/h2-7,11,17,30H,1,8-10H2;1H/t17?,18-;/m1./s1. The Morgan fingerprint density at radius 1 is 0.912 bits per heavy atom. The molecule has 1 heterocycles. The van der Waals surface area contributed by atoms with Crippen LogP contribution < -0.4 is 5.32 Å². The predicted molar refractivity (Wildman–Crippen MR) is 109 cm³/mol. The lowest BCUT2D eigenvalue weighted by Crippen LogP contribution is -2.51. The van der Waals surface area contributed by atoms with Crippen molar-refractivity contribution in [2.24, 2.45) is 0 Å². The van der Waals surface area contributed by atoms with Gasteiger partial charge in [0.1, 0.15) is 10.6 Å². The number of alkyl halides is 7. The average Bonchev–Trinajstić information content (AvgIpc) is 3.17. The molecule has 34 heavy (non-hydrogen) atoms. The van der Waals surface area contributed by atoms with Gasteiger partial charge in [-0.15, -0.1) is 12.4 Å². The Kier molecular flexibility index (Phi) is 6.54. The van der Waals surface area contributed by atoms with Gasteiger partial charge in [0.2, 0.25) is 0 Å². The summed E-state index contributed by atoms with van der Waals surface area (Å²) < 4.78 is 133. The highest BCUT2D eigenvalue weighted by Crippen LogP contribution is 2.55. The molecule has 1 fully saturated rings. The quantitative estimate of drug-likeness (QED) is 0.416. The van der Waals surface area contributed by atoms with Gasteiger partial charge in [-0.3, -0.25) is 0 Å². The van der Waals surface area contributed by atoms with E-state index in [1.165, 1.54) is 0 Å². The Bertz CT molecular complexity index is 1170. The molecule has 0 saturated carbocycles. The van der Waals surface area contributed by atoms with Crippen molar-refractivity contribution in [2.45, 2.75) is 53.0 Å². The van der Waals surface area contributed by atoms with Gasteiger partial charge in [-0.25, -0.2) is 17.2 Å². The summed E-state index contributed by atoms with van der Waals surface area (Å²) in [6, 6.07) is 4.97. The lowest BCUT2D eigenvalue weighted by molar-refractivity contribution is -0.348. The van der Waals surface area contributed by atoms with Crippen molar-refractivity contribution in [3.8, 4) is 0 Å². The molecule has 2 aliphatic rings. The van der Waals surface area contributed by atoms with Crippen LogP contribution in [0.4, 0.5) is 35.1 Å². The molecule has 1 aliphatic heterocycles. The van der Waals surface area contributed by atoms with Crippen molar-refractivity contribution < 1.29 is 43.5 Å². The van der Waals surface area contributed by atoms with Crippen LogP contribution in [0.25, 0.3) is 0 Å². The molecule has 0 spiro atoms. The average molecular weight is 536 g/mol. The maximum absolute atomic E-state index is 14.6. The van der Waals surface area contributed by atoms with E-state index in [-0.39, 0.29) is 54.2 Å². The minimum atomic E-state index is -6.27. The van der Waals surface area contributed by atoms with E-state index < -0.39 is 50.0 Å². The zero-order valence-corrected chi connectivity index (χ0v) is 18.7. The van der Waals surface area contributed by atoms with Crippen LogP contribution in [-0.2, 0) is 26.7 Å². The molecule has 0 radical (unpaired) electrons. The number of hydrogen-bond acceptors (Lipinski definition) is 3. The van der Waals surface area contributed by atoms with E-state index >= 15 is 0 Å². The molecular formula is C21H18ClF8NO2S. The summed E-state index contributed by atoms with van der Waals surface area (Å²) in [7, 11) is -4.26. The number of halogens is 9. The molecular weight excluding hydrogens is 518 g/mol. The van der Waals surface area contributed by atoms with Crippen molar-refractivity contribution in [3.63, 3.8) is 0 Å². The molecule has 188 valence electrons. The molecule has 13 heteroatoms. The first-order chi connectivity index (χ1) is 15.2. The summed E-state index contributed by atoms with van der Waals surface area (Å²) in [6.45, 7) is 0.227. The van der Waals surface area contributed by atoms with Crippen LogP contribution in [0.2, 0.25) is 0 Å². The van der Waals surface area contributed by atoms with E-state index in [2.05, 4.69) is 5.32 Å².